The Balaban J connectivity index is 0.000000861. The third kappa shape index (κ3) is 3.75. The number of rotatable bonds is 1. The van der Waals surface area contributed by atoms with Gasteiger partial charge in [-0.2, -0.15) is 5.26 Å². The quantitative estimate of drug-likeness (QED) is 0.715. The summed E-state index contributed by atoms with van der Waals surface area (Å²) >= 11 is 0. The van der Waals surface area contributed by atoms with Crippen LogP contribution in [0, 0.1) is 11.3 Å². The molecule has 1 aliphatic rings. The van der Waals surface area contributed by atoms with E-state index in [1.807, 2.05) is 6.07 Å². The second kappa shape index (κ2) is 7.07. The van der Waals surface area contributed by atoms with Crippen LogP contribution < -0.4 is 0 Å². The Morgan fingerprint density at radius 3 is 2.42 bits per heavy atom. The van der Waals surface area contributed by atoms with Gasteiger partial charge in [0.15, 0.2) is 0 Å². The number of hydrogen-bond acceptors (Lipinski definition) is 4. The van der Waals surface area contributed by atoms with Gasteiger partial charge in [0.1, 0.15) is 17.5 Å². The lowest BCUT2D eigenvalue weighted by Crippen LogP contribution is -2.38. The summed E-state index contributed by atoms with van der Waals surface area (Å²) in [4.78, 5) is 28.6. The van der Waals surface area contributed by atoms with Crippen LogP contribution in [0.1, 0.15) is 28.9 Å². The zero-order valence-electron chi connectivity index (χ0n) is 10.6. The van der Waals surface area contributed by atoms with Gasteiger partial charge in [0.05, 0.1) is 5.56 Å². The average Bonchev–Trinajstić information content (AvgIpc) is 2.49. The van der Waals surface area contributed by atoms with Gasteiger partial charge in [0.25, 0.3) is 5.91 Å². The van der Waals surface area contributed by atoms with Crippen LogP contribution in [0.3, 0.4) is 0 Å². The summed E-state index contributed by atoms with van der Waals surface area (Å²) in [5.74, 6) is 0.0708. The first-order valence-corrected chi connectivity index (χ1v) is 5.88. The van der Waals surface area contributed by atoms with Gasteiger partial charge in [-0.1, -0.05) is 0 Å². The molecule has 5 nitrogen and oxygen atoms in total. The molecule has 0 unspecified atom stereocenters. The van der Waals surface area contributed by atoms with Gasteiger partial charge in [-0.15, -0.1) is 13.2 Å². The van der Waals surface area contributed by atoms with E-state index in [0.717, 1.165) is 0 Å². The van der Waals surface area contributed by atoms with Crippen LogP contribution in [-0.4, -0.2) is 34.7 Å². The van der Waals surface area contributed by atoms with Crippen molar-refractivity contribution in [3.8, 4) is 6.07 Å². The van der Waals surface area contributed by atoms with Crippen LogP contribution in [0.5, 0.6) is 0 Å². The van der Waals surface area contributed by atoms with Gasteiger partial charge in [-0.25, -0.2) is 4.98 Å². The Morgan fingerprint density at radius 1 is 1.32 bits per heavy atom. The van der Waals surface area contributed by atoms with Crippen molar-refractivity contribution in [2.24, 2.45) is 0 Å². The number of nitrogens with zero attached hydrogens (tertiary/aromatic N) is 3. The van der Waals surface area contributed by atoms with Crippen molar-refractivity contribution < 1.29 is 9.59 Å². The lowest BCUT2D eigenvalue weighted by Gasteiger charge is -2.25. The number of amides is 1. The molecule has 0 aliphatic carbocycles. The molecule has 0 saturated carbocycles. The Morgan fingerprint density at radius 2 is 1.95 bits per heavy atom. The zero-order chi connectivity index (χ0) is 14.3. The van der Waals surface area contributed by atoms with Crippen LogP contribution in [0.25, 0.3) is 0 Å². The van der Waals surface area contributed by atoms with Crippen molar-refractivity contribution in [3.63, 3.8) is 0 Å². The molecule has 0 aromatic carbocycles. The van der Waals surface area contributed by atoms with Gasteiger partial charge >= 0.3 is 0 Å². The van der Waals surface area contributed by atoms with Crippen molar-refractivity contribution in [2.75, 3.05) is 13.1 Å². The largest absolute Gasteiger partial charge is 0.338 e. The highest BCUT2D eigenvalue weighted by molar-refractivity contribution is 5.95. The topological polar surface area (TPSA) is 74.1 Å². The lowest BCUT2D eigenvalue weighted by atomic mass is 10.1. The van der Waals surface area contributed by atoms with Crippen molar-refractivity contribution >= 4 is 11.7 Å². The highest BCUT2D eigenvalue weighted by Gasteiger charge is 2.21. The van der Waals surface area contributed by atoms with Gasteiger partial charge in [0, 0.05) is 32.1 Å². The van der Waals surface area contributed by atoms with E-state index in [2.05, 4.69) is 18.1 Å². The van der Waals surface area contributed by atoms with Gasteiger partial charge < -0.3 is 4.90 Å². The molecule has 2 heterocycles. The Labute approximate surface area is 112 Å². The molecule has 0 atom stereocenters. The molecule has 1 saturated heterocycles. The smallest absolute Gasteiger partial charge is 0.255 e. The second-order valence-electron chi connectivity index (χ2n) is 3.87. The van der Waals surface area contributed by atoms with E-state index in [9.17, 15) is 9.59 Å². The van der Waals surface area contributed by atoms with Crippen LogP contribution in [0.4, 0.5) is 0 Å². The third-order valence-electron chi connectivity index (χ3n) is 2.73. The maximum absolute atomic E-state index is 12.0. The molecule has 1 fully saturated rings. The van der Waals surface area contributed by atoms with Crippen molar-refractivity contribution in [2.45, 2.75) is 12.8 Å². The van der Waals surface area contributed by atoms with Crippen molar-refractivity contribution in [1.82, 2.24) is 9.88 Å². The number of Topliss-reactive ketones (excluding diaryl/α,β-unsaturated/α-hetero) is 1. The molecule has 2 rings (SSSR count). The van der Waals surface area contributed by atoms with E-state index in [4.69, 9.17) is 5.26 Å². The van der Waals surface area contributed by atoms with Crippen LogP contribution in [-0.2, 0) is 4.79 Å². The number of hydrogen-bond donors (Lipinski definition) is 0. The predicted octanol–water partition coefficient (Wildman–Crippen LogP) is 1.56. The monoisotopic (exact) mass is 257 g/mol. The fraction of sp³-hybridized carbons (Fsp3) is 0.286. The van der Waals surface area contributed by atoms with E-state index >= 15 is 0 Å². The molecule has 0 N–H and O–H groups in total. The molecule has 0 bridgehead atoms. The number of likely N-dealkylation sites (tertiary alicyclic amines) is 1. The highest BCUT2D eigenvalue weighted by atomic mass is 16.2. The highest BCUT2D eigenvalue weighted by Crippen LogP contribution is 2.10. The van der Waals surface area contributed by atoms with Gasteiger partial charge in [0.2, 0.25) is 0 Å². The molecule has 5 heteroatoms. The molecule has 0 spiro atoms. The molecule has 19 heavy (non-hydrogen) atoms. The number of ketones is 1. The minimum Gasteiger partial charge on any atom is -0.338 e. The minimum atomic E-state index is -0.130. The summed E-state index contributed by atoms with van der Waals surface area (Å²) in [5, 5.41) is 8.60. The number of pyridine rings is 1. The Hall–Kier alpha value is -2.48. The summed E-state index contributed by atoms with van der Waals surface area (Å²) in [7, 11) is 0. The number of piperidine rings is 1. The van der Waals surface area contributed by atoms with Crippen molar-refractivity contribution in [3.05, 3.63) is 42.7 Å². The van der Waals surface area contributed by atoms with Crippen LogP contribution >= 0.6 is 0 Å². The summed E-state index contributed by atoms with van der Waals surface area (Å²) in [6.07, 6.45) is 2.25. The first-order valence-electron chi connectivity index (χ1n) is 5.88. The number of carbonyl (C=O) groups is 2. The SMILES string of the molecule is C=C.N#Cc1ccc(C(=O)N2CCC(=O)CC2)cn1. The average molecular weight is 257 g/mol. The fourth-order valence-corrected chi connectivity index (χ4v) is 1.73. The summed E-state index contributed by atoms with van der Waals surface area (Å²) in [5.41, 5.74) is 0.744. The number of carbonyl (C=O) groups excluding carboxylic acids is 2. The van der Waals surface area contributed by atoms with E-state index in [1.54, 1.807) is 11.0 Å². The normalized spacial score (nSPS) is 14.1. The minimum absolute atomic E-state index is 0.130. The molecular weight excluding hydrogens is 242 g/mol. The first-order chi connectivity index (χ1) is 9.20. The predicted molar refractivity (Wildman–Crippen MR) is 70.4 cm³/mol. The zero-order valence-corrected chi connectivity index (χ0v) is 10.6. The Kier molecular flexibility index (Phi) is 5.42. The second-order valence-corrected chi connectivity index (χ2v) is 3.87. The number of nitriles is 1. The van der Waals surface area contributed by atoms with Crippen molar-refractivity contribution in [1.29, 1.82) is 5.26 Å². The lowest BCUT2D eigenvalue weighted by molar-refractivity contribution is -0.120. The molecule has 98 valence electrons. The maximum Gasteiger partial charge on any atom is 0.255 e. The molecular formula is C14H15N3O2. The standard InChI is InChI=1S/C12H11N3O2.C2H4/c13-7-10-2-1-9(8-14-10)12(17)15-5-3-11(16)4-6-15;1-2/h1-2,8H,3-6H2;1-2H2. The third-order valence-corrected chi connectivity index (χ3v) is 2.73. The first kappa shape index (κ1) is 14.6. The van der Waals surface area contributed by atoms with Gasteiger partial charge in [-0.05, 0) is 12.1 Å². The summed E-state index contributed by atoms with van der Waals surface area (Å²) in [6.45, 7) is 6.94. The Bertz CT molecular complexity index is 492. The molecule has 1 aromatic heterocycles. The molecule has 1 aliphatic heterocycles. The van der Waals surface area contributed by atoms with Crippen LogP contribution in [0.2, 0.25) is 0 Å². The maximum atomic E-state index is 12.0. The molecule has 1 amide bonds. The van der Waals surface area contributed by atoms with E-state index < -0.39 is 0 Å². The van der Waals surface area contributed by atoms with E-state index in [-0.39, 0.29) is 17.4 Å². The fourth-order valence-electron chi connectivity index (χ4n) is 1.73. The molecule has 0 radical (unpaired) electrons. The number of aromatic nitrogens is 1. The summed E-state index contributed by atoms with van der Waals surface area (Å²) < 4.78 is 0. The summed E-state index contributed by atoms with van der Waals surface area (Å²) in [6, 6.07) is 5.00. The van der Waals surface area contributed by atoms with E-state index in [0.29, 0.717) is 31.5 Å². The van der Waals surface area contributed by atoms with Crippen LogP contribution in [0.15, 0.2) is 31.5 Å². The van der Waals surface area contributed by atoms with E-state index in [1.165, 1.54) is 12.3 Å². The molecule has 1 aromatic rings. The van der Waals surface area contributed by atoms with Gasteiger partial charge in [-0.3, -0.25) is 9.59 Å².